The van der Waals surface area contributed by atoms with Crippen LogP contribution in [0.2, 0.25) is 0 Å². The van der Waals surface area contributed by atoms with Crippen LogP contribution in [0.5, 0.6) is 0 Å². The van der Waals surface area contributed by atoms with Crippen LogP contribution in [0.15, 0.2) is 49.6 Å². The molecule has 0 aliphatic heterocycles. The summed E-state index contributed by atoms with van der Waals surface area (Å²) in [5.41, 5.74) is 0. The van der Waals surface area contributed by atoms with E-state index in [1.165, 1.54) is 0 Å². The van der Waals surface area contributed by atoms with Crippen LogP contribution in [-0.2, 0) is 28.8 Å². The van der Waals surface area contributed by atoms with Crippen molar-refractivity contribution >= 4 is 70.5 Å². The Bertz CT molecular complexity index is 464. The smallest absolute Gasteiger partial charge is 0.545 e. The van der Waals surface area contributed by atoms with E-state index in [1.54, 1.807) is 0 Å². The van der Waals surface area contributed by atoms with Gasteiger partial charge in [0.25, 0.3) is 0 Å². The molecule has 0 aromatic carbocycles. The van der Waals surface area contributed by atoms with Gasteiger partial charge >= 0.3 is 34.7 Å². The van der Waals surface area contributed by atoms with Gasteiger partial charge in [0.2, 0.25) is 0 Å². The van der Waals surface area contributed by atoms with Gasteiger partial charge in [-0.1, -0.05) is 0 Å². The first-order chi connectivity index (χ1) is 11.9. The van der Waals surface area contributed by atoms with Crippen molar-refractivity contribution in [3.05, 3.63) is 49.6 Å². The number of carboxylic acid groups (broad SMARTS) is 6. The second-order valence-corrected chi connectivity index (χ2v) is 2.91. The first-order valence-electron chi connectivity index (χ1n) is 5.68. The molecule has 0 unspecified atom stereocenters. The molecule has 0 aliphatic rings. The standard InChI is InChI=1S/3C4H4O4.C2H4.2Al/c3*5-3(6)1-2-4(7)8;1-2;;/h3*1-2H,(H,5,6)(H,7,8);1-2H2;;/q;;;;2*+3/p-6/b3*2-1-;;;. The van der Waals surface area contributed by atoms with Gasteiger partial charge in [-0.15, -0.1) is 13.2 Å². The molecule has 14 heteroatoms. The summed E-state index contributed by atoms with van der Waals surface area (Å²) in [4.78, 5) is 56.5. The van der Waals surface area contributed by atoms with Crippen molar-refractivity contribution in [2.75, 3.05) is 0 Å². The SMILES string of the molecule is C=C.O=C([O-])/C=C\C(=O)[O-].O=C([O-])/C=C\C(=O)[O-].O=C([O-])/C=C\C(=O)[O-].[Al+3].[Al+3]. The van der Waals surface area contributed by atoms with E-state index >= 15 is 0 Å². The number of aliphatic carboxylic acids is 6. The molecule has 0 saturated carbocycles. The van der Waals surface area contributed by atoms with Crippen LogP contribution < -0.4 is 30.6 Å². The number of carbonyl (C=O) groups is 6. The fourth-order valence-corrected chi connectivity index (χ4v) is 0.408. The minimum atomic E-state index is -1.55. The van der Waals surface area contributed by atoms with Crippen molar-refractivity contribution in [1.29, 1.82) is 0 Å². The minimum absolute atomic E-state index is 0. The molecule has 0 rings (SSSR count). The number of carbonyl (C=O) groups excluding carboxylic acids is 6. The van der Waals surface area contributed by atoms with Crippen molar-refractivity contribution in [2.24, 2.45) is 0 Å². The van der Waals surface area contributed by atoms with Crippen molar-refractivity contribution in [1.82, 2.24) is 0 Å². The Labute approximate surface area is 179 Å². The van der Waals surface area contributed by atoms with Crippen molar-refractivity contribution in [3.8, 4) is 0 Å². The van der Waals surface area contributed by atoms with Gasteiger partial charge in [-0.05, 0) is 36.5 Å². The summed E-state index contributed by atoms with van der Waals surface area (Å²) >= 11 is 0. The zero-order valence-corrected chi connectivity index (χ0v) is 16.2. The normalized spacial score (nSPS) is 8.29. The van der Waals surface area contributed by atoms with Crippen LogP contribution in [-0.4, -0.2) is 70.5 Å². The van der Waals surface area contributed by atoms with E-state index in [9.17, 15) is 59.4 Å². The molecule has 0 aliphatic carbocycles. The summed E-state index contributed by atoms with van der Waals surface area (Å²) in [6.45, 7) is 6.00. The van der Waals surface area contributed by atoms with E-state index in [2.05, 4.69) is 13.2 Å². The van der Waals surface area contributed by atoms with Crippen molar-refractivity contribution < 1.29 is 59.4 Å². The summed E-state index contributed by atoms with van der Waals surface area (Å²) in [5, 5.41) is 56.5. The average Bonchev–Trinajstić information content (AvgIpc) is 2.52. The fourth-order valence-electron chi connectivity index (χ4n) is 0.408. The fraction of sp³-hybridized carbons (Fsp3) is 0. The molecule has 0 aromatic heterocycles. The summed E-state index contributed by atoms with van der Waals surface area (Å²) in [6.07, 6.45) is 2.31. The second-order valence-electron chi connectivity index (χ2n) is 2.91. The van der Waals surface area contributed by atoms with Crippen LogP contribution in [0.1, 0.15) is 0 Å². The molecule has 0 fully saturated rings. The maximum absolute atomic E-state index is 9.41. The zero-order chi connectivity index (χ0) is 21.7. The Kier molecular flexibility index (Phi) is 40.7. The molecule has 0 heterocycles. The minimum Gasteiger partial charge on any atom is -0.545 e. The van der Waals surface area contributed by atoms with Gasteiger partial charge in [0.1, 0.15) is 0 Å². The molecular weight excluding hydrogens is 414 g/mol. The molecule has 0 bridgehead atoms. The first-order valence-corrected chi connectivity index (χ1v) is 5.68. The van der Waals surface area contributed by atoms with Gasteiger partial charge in [0, 0.05) is 0 Å². The number of carboxylic acids is 6. The molecule has 0 N–H and O–H groups in total. The predicted octanol–water partition coefficient (Wildman–Crippen LogP) is -8.83. The van der Waals surface area contributed by atoms with Crippen LogP contribution >= 0.6 is 0 Å². The third-order valence-corrected chi connectivity index (χ3v) is 1.07. The molecule has 0 spiro atoms. The van der Waals surface area contributed by atoms with E-state index in [4.69, 9.17) is 0 Å². The topological polar surface area (TPSA) is 241 Å². The van der Waals surface area contributed by atoms with E-state index in [1.807, 2.05) is 0 Å². The van der Waals surface area contributed by atoms with Gasteiger partial charge < -0.3 is 59.4 Å². The molecule has 144 valence electrons. The maximum atomic E-state index is 9.41. The Morgan fingerprint density at radius 1 is 0.393 bits per heavy atom. The Hall–Kier alpha value is -3.16. The number of hydrogen-bond donors (Lipinski definition) is 0. The predicted molar refractivity (Wildman–Crippen MR) is 80.2 cm³/mol. The van der Waals surface area contributed by atoms with Crippen LogP contribution in [0.3, 0.4) is 0 Å². The molecule has 0 amide bonds. The summed E-state index contributed by atoms with van der Waals surface area (Å²) in [5.74, 6) is -9.28. The molecule has 12 nitrogen and oxygen atoms in total. The molecule has 0 radical (unpaired) electrons. The van der Waals surface area contributed by atoms with Gasteiger partial charge in [-0.25, -0.2) is 0 Å². The van der Waals surface area contributed by atoms with Crippen LogP contribution in [0.25, 0.3) is 0 Å². The number of rotatable bonds is 6. The van der Waals surface area contributed by atoms with E-state index in [-0.39, 0.29) is 34.7 Å². The maximum Gasteiger partial charge on any atom is 3.00 e. The summed E-state index contributed by atoms with van der Waals surface area (Å²) < 4.78 is 0. The van der Waals surface area contributed by atoms with Crippen LogP contribution in [0.4, 0.5) is 0 Å². The Morgan fingerprint density at radius 2 is 0.464 bits per heavy atom. The van der Waals surface area contributed by atoms with E-state index in [0.717, 1.165) is 0 Å². The monoisotopic (exact) mass is 424 g/mol. The number of hydrogen-bond acceptors (Lipinski definition) is 12. The van der Waals surface area contributed by atoms with E-state index in [0.29, 0.717) is 36.5 Å². The average molecular weight is 424 g/mol. The van der Waals surface area contributed by atoms with Crippen LogP contribution in [0, 0.1) is 0 Å². The Morgan fingerprint density at radius 3 is 0.500 bits per heavy atom. The second kappa shape index (κ2) is 28.6. The van der Waals surface area contributed by atoms with Crippen molar-refractivity contribution in [2.45, 2.75) is 0 Å². The third-order valence-electron chi connectivity index (χ3n) is 1.07. The molecule has 0 saturated heterocycles. The molecule has 28 heavy (non-hydrogen) atoms. The molecule has 0 aromatic rings. The van der Waals surface area contributed by atoms with Crippen molar-refractivity contribution in [3.63, 3.8) is 0 Å². The quantitative estimate of drug-likeness (QED) is 0.219. The largest absolute Gasteiger partial charge is 3.00 e. The Balaban J connectivity index is -0.0000000599. The van der Waals surface area contributed by atoms with Gasteiger partial charge in [-0.2, -0.15) is 0 Å². The van der Waals surface area contributed by atoms with Gasteiger partial charge in [0.15, 0.2) is 0 Å². The summed E-state index contributed by atoms with van der Waals surface area (Å²) in [7, 11) is 0. The van der Waals surface area contributed by atoms with Gasteiger partial charge in [0.05, 0.1) is 35.8 Å². The van der Waals surface area contributed by atoms with E-state index < -0.39 is 35.8 Å². The molecular formula is C14H10Al2O12. The van der Waals surface area contributed by atoms with Gasteiger partial charge in [-0.3, -0.25) is 0 Å². The third kappa shape index (κ3) is 77.7. The summed E-state index contributed by atoms with van der Waals surface area (Å²) in [6, 6.07) is 0. The zero-order valence-electron chi connectivity index (χ0n) is 13.9. The first kappa shape index (κ1) is 39.8. The molecule has 0 atom stereocenters.